The Labute approximate surface area is 92.4 Å². The molecule has 1 rings (SSSR count). The predicted octanol–water partition coefficient (Wildman–Crippen LogP) is 0.300. The summed E-state index contributed by atoms with van der Waals surface area (Å²) in [5.41, 5.74) is -0.0372. The topological polar surface area (TPSA) is 115 Å². The number of aliphatic hydroxyl groups is 2. The van der Waals surface area contributed by atoms with Gasteiger partial charge >= 0.3 is 11.9 Å². The van der Waals surface area contributed by atoms with E-state index in [0.29, 0.717) is 0 Å². The predicted molar refractivity (Wildman–Crippen MR) is 56.6 cm³/mol. The number of aromatic carboxylic acids is 2. The Morgan fingerprint density at radius 1 is 0.875 bits per heavy atom. The number of hydrogen-bond donors (Lipinski definition) is 4. The zero-order valence-corrected chi connectivity index (χ0v) is 8.91. The highest BCUT2D eigenvalue weighted by atomic mass is 16.4. The van der Waals surface area contributed by atoms with Gasteiger partial charge in [0.15, 0.2) is 0 Å². The molecule has 0 unspecified atom stereocenters. The maximum absolute atomic E-state index is 10.4. The van der Waals surface area contributed by atoms with Gasteiger partial charge in [0.2, 0.25) is 0 Å². The molecule has 1 aromatic rings. The largest absolute Gasteiger partial charge is 0.478 e. The van der Waals surface area contributed by atoms with E-state index in [9.17, 15) is 9.59 Å². The van der Waals surface area contributed by atoms with Crippen LogP contribution in [0.15, 0.2) is 24.3 Å². The molecule has 0 saturated carbocycles. The van der Waals surface area contributed by atoms with Gasteiger partial charge in [0.05, 0.1) is 11.1 Å². The number of aliphatic hydroxyl groups excluding tert-OH is 2. The molecule has 0 fully saturated rings. The van der Waals surface area contributed by atoms with Crippen LogP contribution in [-0.2, 0) is 0 Å². The molecule has 4 N–H and O–H groups in total. The van der Waals surface area contributed by atoms with Crippen molar-refractivity contribution in [1.82, 2.24) is 0 Å². The Balaban J connectivity index is 0. The second kappa shape index (κ2) is 9.63. The van der Waals surface area contributed by atoms with E-state index in [0.717, 1.165) is 20.3 Å². The molecular weight excluding hydrogens is 216 g/mol. The Hall–Kier alpha value is -1.92. The van der Waals surface area contributed by atoms with E-state index < -0.39 is 11.9 Å². The van der Waals surface area contributed by atoms with E-state index in [2.05, 4.69) is 0 Å². The number of carboxylic acid groups (broad SMARTS) is 2. The minimum absolute atomic E-state index is 0.0186. The van der Waals surface area contributed by atoms with Crippen molar-refractivity contribution in [2.24, 2.45) is 0 Å². The molecule has 1 aromatic carbocycles. The minimum Gasteiger partial charge on any atom is -0.478 e. The molecule has 0 aliphatic rings. The summed E-state index contributed by atoms with van der Waals surface area (Å²) < 4.78 is 0. The first-order valence-electron chi connectivity index (χ1n) is 4.07. The van der Waals surface area contributed by atoms with Gasteiger partial charge in [0.1, 0.15) is 0 Å². The quantitative estimate of drug-likeness (QED) is 0.580. The molecule has 0 aliphatic heterocycles. The molecule has 0 radical (unpaired) electrons. The average Bonchev–Trinajstić information content (AvgIpc) is 2.34. The van der Waals surface area contributed by atoms with Gasteiger partial charge in [-0.05, 0) is 18.2 Å². The molecule has 16 heavy (non-hydrogen) atoms. The van der Waals surface area contributed by atoms with Crippen LogP contribution in [0.25, 0.3) is 0 Å². The number of carboxylic acids is 2. The van der Waals surface area contributed by atoms with Gasteiger partial charge in [-0.2, -0.15) is 0 Å². The van der Waals surface area contributed by atoms with Crippen molar-refractivity contribution in [3.05, 3.63) is 35.4 Å². The van der Waals surface area contributed by atoms with Crippen molar-refractivity contribution in [3.8, 4) is 0 Å². The van der Waals surface area contributed by atoms with Crippen LogP contribution in [0.2, 0.25) is 0 Å². The van der Waals surface area contributed by atoms with Crippen molar-refractivity contribution in [1.29, 1.82) is 0 Å². The molecule has 0 aromatic heterocycles. The summed E-state index contributed by atoms with van der Waals surface area (Å²) in [6.45, 7) is 0. The van der Waals surface area contributed by atoms with Gasteiger partial charge in [-0.15, -0.1) is 0 Å². The van der Waals surface area contributed by atoms with Gasteiger partial charge in [-0.1, -0.05) is 6.07 Å². The molecule has 0 heterocycles. The summed E-state index contributed by atoms with van der Waals surface area (Å²) in [5.74, 6) is -2.25. The van der Waals surface area contributed by atoms with Gasteiger partial charge in [-0.25, -0.2) is 9.59 Å². The van der Waals surface area contributed by atoms with Crippen molar-refractivity contribution < 1.29 is 30.0 Å². The fraction of sp³-hybridized carbons (Fsp3) is 0.200. The number of benzene rings is 1. The first-order chi connectivity index (χ1) is 7.61. The van der Waals surface area contributed by atoms with Crippen molar-refractivity contribution in [2.45, 2.75) is 0 Å². The number of hydrogen-bond acceptors (Lipinski definition) is 4. The van der Waals surface area contributed by atoms with Crippen LogP contribution in [0.1, 0.15) is 20.7 Å². The summed E-state index contributed by atoms with van der Waals surface area (Å²) in [7, 11) is 2.00. The molecular formula is C10H14O6. The van der Waals surface area contributed by atoms with Crippen LogP contribution < -0.4 is 0 Å². The second-order valence-electron chi connectivity index (χ2n) is 2.19. The maximum Gasteiger partial charge on any atom is 0.335 e. The highest BCUT2D eigenvalue weighted by Gasteiger charge is 2.06. The average molecular weight is 230 g/mol. The summed E-state index contributed by atoms with van der Waals surface area (Å²) in [4.78, 5) is 20.8. The monoisotopic (exact) mass is 230 g/mol. The Bertz CT molecular complexity index is 305. The Morgan fingerprint density at radius 3 is 1.44 bits per heavy atom. The fourth-order valence-corrected chi connectivity index (χ4v) is 0.785. The van der Waals surface area contributed by atoms with E-state index in [1.54, 1.807) is 0 Å². The molecule has 0 amide bonds. The van der Waals surface area contributed by atoms with Gasteiger partial charge in [0, 0.05) is 14.2 Å². The number of carbonyl (C=O) groups is 2. The summed E-state index contributed by atoms with van der Waals surface area (Å²) in [6.07, 6.45) is 0. The summed E-state index contributed by atoms with van der Waals surface area (Å²) in [5, 5.41) is 31.0. The molecule has 0 atom stereocenters. The molecule has 6 nitrogen and oxygen atoms in total. The SMILES string of the molecule is CO.CO.O=C(O)c1cccc(C(=O)O)c1. The smallest absolute Gasteiger partial charge is 0.335 e. The molecule has 90 valence electrons. The van der Waals surface area contributed by atoms with Gasteiger partial charge < -0.3 is 20.4 Å². The standard InChI is InChI=1S/C8H6O4.2CH4O/c9-7(10)5-2-1-3-6(4-5)8(11)12;2*1-2/h1-4H,(H,9,10)(H,11,12);2*2H,1H3. The van der Waals surface area contributed by atoms with E-state index >= 15 is 0 Å². The van der Waals surface area contributed by atoms with Crippen LogP contribution in [0.4, 0.5) is 0 Å². The third-order valence-corrected chi connectivity index (χ3v) is 1.36. The highest BCUT2D eigenvalue weighted by Crippen LogP contribution is 2.04. The van der Waals surface area contributed by atoms with Crippen molar-refractivity contribution >= 4 is 11.9 Å². The lowest BCUT2D eigenvalue weighted by molar-refractivity contribution is 0.0696. The molecule has 6 heteroatoms. The van der Waals surface area contributed by atoms with Crippen LogP contribution in [0.3, 0.4) is 0 Å². The van der Waals surface area contributed by atoms with Crippen molar-refractivity contribution in [3.63, 3.8) is 0 Å². The first kappa shape index (κ1) is 16.5. The second-order valence-corrected chi connectivity index (χ2v) is 2.19. The molecule has 0 saturated heterocycles. The van der Waals surface area contributed by atoms with Crippen LogP contribution in [-0.4, -0.2) is 46.6 Å². The molecule has 0 aliphatic carbocycles. The van der Waals surface area contributed by atoms with E-state index in [1.165, 1.54) is 18.2 Å². The van der Waals surface area contributed by atoms with E-state index in [4.69, 9.17) is 20.4 Å². The maximum atomic E-state index is 10.4. The highest BCUT2D eigenvalue weighted by molar-refractivity contribution is 5.93. The van der Waals surface area contributed by atoms with Crippen LogP contribution in [0.5, 0.6) is 0 Å². The molecule has 0 spiro atoms. The summed E-state index contributed by atoms with van der Waals surface area (Å²) in [6, 6.07) is 5.20. The Kier molecular flexibility index (Phi) is 9.93. The van der Waals surface area contributed by atoms with Gasteiger partial charge in [0.25, 0.3) is 0 Å². The van der Waals surface area contributed by atoms with E-state index in [1.807, 2.05) is 0 Å². The van der Waals surface area contributed by atoms with Crippen LogP contribution >= 0.6 is 0 Å². The zero-order valence-electron chi connectivity index (χ0n) is 8.91. The van der Waals surface area contributed by atoms with Gasteiger partial charge in [-0.3, -0.25) is 0 Å². The summed E-state index contributed by atoms with van der Waals surface area (Å²) >= 11 is 0. The number of rotatable bonds is 2. The third kappa shape index (κ3) is 5.74. The lowest BCUT2D eigenvalue weighted by Gasteiger charge is -1.95. The Morgan fingerprint density at radius 2 is 1.19 bits per heavy atom. The lowest BCUT2D eigenvalue weighted by Crippen LogP contribution is -2.01. The van der Waals surface area contributed by atoms with Crippen molar-refractivity contribution in [2.75, 3.05) is 14.2 Å². The normalized spacial score (nSPS) is 7.75. The lowest BCUT2D eigenvalue weighted by atomic mass is 10.1. The van der Waals surface area contributed by atoms with Crippen LogP contribution in [0, 0.1) is 0 Å². The molecule has 0 bridgehead atoms. The third-order valence-electron chi connectivity index (χ3n) is 1.36. The fourth-order valence-electron chi connectivity index (χ4n) is 0.785. The minimum atomic E-state index is -1.13. The van der Waals surface area contributed by atoms with E-state index in [-0.39, 0.29) is 11.1 Å². The first-order valence-corrected chi connectivity index (χ1v) is 4.07. The zero-order chi connectivity index (χ0) is 13.1.